The number of fused-ring (bicyclic) bond motifs is 1. The summed E-state index contributed by atoms with van der Waals surface area (Å²) in [4.78, 5) is 0.318. The van der Waals surface area contributed by atoms with Gasteiger partial charge in [-0.05, 0) is 42.3 Å². The Morgan fingerprint density at radius 3 is 2.23 bits per heavy atom. The van der Waals surface area contributed by atoms with Gasteiger partial charge in [0.05, 0.1) is 17.1 Å². The first kappa shape index (κ1) is 16.6. The van der Waals surface area contributed by atoms with Gasteiger partial charge in [-0.3, -0.25) is 4.31 Å². The standard InChI is InChI=1S/C22H19NO2S/c1-17-11-13-20(14-12-17)26(24,25)23-16-19(15-18-7-3-2-4-8-18)21-9-5-6-10-22(21)23/h2-15H,16H2,1H3/b19-15-. The van der Waals surface area contributed by atoms with Crippen LogP contribution < -0.4 is 4.31 Å². The van der Waals surface area contributed by atoms with Gasteiger partial charge in [-0.1, -0.05) is 66.2 Å². The summed E-state index contributed by atoms with van der Waals surface area (Å²) in [5, 5.41) is 0. The molecule has 130 valence electrons. The van der Waals surface area contributed by atoms with E-state index < -0.39 is 10.0 Å². The van der Waals surface area contributed by atoms with Crippen molar-refractivity contribution in [2.75, 3.05) is 10.8 Å². The fourth-order valence-corrected chi connectivity index (χ4v) is 4.68. The Morgan fingerprint density at radius 1 is 0.846 bits per heavy atom. The zero-order valence-electron chi connectivity index (χ0n) is 14.5. The molecular weight excluding hydrogens is 342 g/mol. The number of hydrogen-bond donors (Lipinski definition) is 0. The Labute approximate surface area is 154 Å². The molecule has 0 aromatic heterocycles. The molecular formula is C22H19NO2S. The number of hydrogen-bond acceptors (Lipinski definition) is 2. The number of benzene rings is 3. The maximum atomic E-state index is 13.2. The van der Waals surface area contributed by atoms with Crippen LogP contribution >= 0.6 is 0 Å². The molecule has 0 spiro atoms. The number of anilines is 1. The van der Waals surface area contributed by atoms with Crippen LogP contribution in [0.25, 0.3) is 11.6 Å². The third-order valence-corrected chi connectivity index (χ3v) is 6.36. The molecule has 0 unspecified atom stereocenters. The smallest absolute Gasteiger partial charge is 0.261 e. The minimum atomic E-state index is -3.60. The molecule has 0 N–H and O–H groups in total. The summed E-state index contributed by atoms with van der Waals surface area (Å²) in [6.07, 6.45) is 2.06. The highest BCUT2D eigenvalue weighted by Gasteiger charge is 2.33. The number of rotatable bonds is 3. The van der Waals surface area contributed by atoms with Crippen LogP contribution in [0.3, 0.4) is 0 Å². The molecule has 0 amide bonds. The van der Waals surface area contributed by atoms with Gasteiger partial charge >= 0.3 is 0 Å². The van der Waals surface area contributed by atoms with E-state index in [1.807, 2.05) is 73.7 Å². The molecule has 4 rings (SSSR count). The van der Waals surface area contributed by atoms with Gasteiger partial charge < -0.3 is 0 Å². The molecule has 0 radical (unpaired) electrons. The van der Waals surface area contributed by atoms with Gasteiger partial charge in [0.25, 0.3) is 10.0 Å². The van der Waals surface area contributed by atoms with E-state index >= 15 is 0 Å². The van der Waals surface area contributed by atoms with Crippen LogP contribution in [0.5, 0.6) is 0 Å². The van der Waals surface area contributed by atoms with Gasteiger partial charge in [-0.2, -0.15) is 0 Å². The van der Waals surface area contributed by atoms with Crippen molar-refractivity contribution in [3.63, 3.8) is 0 Å². The minimum Gasteiger partial charge on any atom is -0.261 e. The average molecular weight is 361 g/mol. The lowest BCUT2D eigenvalue weighted by molar-refractivity contribution is 0.593. The van der Waals surface area contributed by atoms with Crippen LogP contribution in [0, 0.1) is 6.92 Å². The van der Waals surface area contributed by atoms with Crippen molar-refractivity contribution in [2.45, 2.75) is 11.8 Å². The molecule has 0 aliphatic carbocycles. The third-order valence-electron chi connectivity index (χ3n) is 4.58. The Bertz CT molecular complexity index is 1070. The lowest BCUT2D eigenvalue weighted by atomic mass is 10.0. The normalized spacial score (nSPS) is 15.3. The lowest BCUT2D eigenvalue weighted by Gasteiger charge is -2.19. The number of nitrogens with zero attached hydrogens (tertiary/aromatic N) is 1. The van der Waals surface area contributed by atoms with Crippen molar-refractivity contribution < 1.29 is 8.42 Å². The van der Waals surface area contributed by atoms with Gasteiger partial charge in [0.2, 0.25) is 0 Å². The number of aryl methyl sites for hydroxylation is 1. The summed E-state index contributed by atoms with van der Waals surface area (Å²) in [6, 6.07) is 24.6. The summed E-state index contributed by atoms with van der Waals surface area (Å²) < 4.78 is 27.9. The summed E-state index contributed by atoms with van der Waals surface area (Å²) in [7, 11) is -3.60. The SMILES string of the molecule is Cc1ccc(S(=O)(=O)N2C/C(=C/c3ccccc3)c3ccccc32)cc1. The van der Waals surface area contributed by atoms with E-state index in [0.717, 1.165) is 28.0 Å². The Morgan fingerprint density at radius 2 is 1.50 bits per heavy atom. The van der Waals surface area contributed by atoms with E-state index in [1.54, 1.807) is 12.1 Å². The summed E-state index contributed by atoms with van der Waals surface area (Å²) >= 11 is 0. The van der Waals surface area contributed by atoms with Gasteiger partial charge in [0.1, 0.15) is 0 Å². The topological polar surface area (TPSA) is 37.4 Å². The highest BCUT2D eigenvalue weighted by Crippen LogP contribution is 2.39. The van der Waals surface area contributed by atoms with E-state index in [2.05, 4.69) is 6.08 Å². The molecule has 0 atom stereocenters. The molecule has 26 heavy (non-hydrogen) atoms. The Kier molecular flexibility index (Phi) is 4.13. The highest BCUT2D eigenvalue weighted by molar-refractivity contribution is 7.92. The first-order chi connectivity index (χ1) is 12.6. The predicted molar refractivity (Wildman–Crippen MR) is 106 cm³/mol. The van der Waals surface area contributed by atoms with Gasteiger partial charge in [-0.25, -0.2) is 8.42 Å². The van der Waals surface area contributed by atoms with E-state index in [9.17, 15) is 8.42 Å². The fourth-order valence-electron chi connectivity index (χ4n) is 3.21. The minimum absolute atomic E-state index is 0.318. The van der Waals surface area contributed by atoms with E-state index in [4.69, 9.17) is 0 Å². The molecule has 1 aliphatic heterocycles. The monoisotopic (exact) mass is 361 g/mol. The van der Waals surface area contributed by atoms with Crippen molar-refractivity contribution in [3.8, 4) is 0 Å². The number of sulfonamides is 1. The largest absolute Gasteiger partial charge is 0.264 e. The van der Waals surface area contributed by atoms with Gasteiger partial charge in [0, 0.05) is 5.56 Å². The van der Waals surface area contributed by atoms with Crippen molar-refractivity contribution in [2.24, 2.45) is 0 Å². The first-order valence-corrected chi connectivity index (χ1v) is 9.94. The van der Waals surface area contributed by atoms with Crippen LogP contribution in [0.4, 0.5) is 5.69 Å². The summed E-state index contributed by atoms with van der Waals surface area (Å²) in [6.45, 7) is 2.28. The fraction of sp³-hybridized carbons (Fsp3) is 0.0909. The van der Waals surface area contributed by atoms with Crippen LogP contribution in [0.15, 0.2) is 83.8 Å². The van der Waals surface area contributed by atoms with Crippen molar-refractivity contribution >= 4 is 27.4 Å². The van der Waals surface area contributed by atoms with Crippen LogP contribution in [-0.4, -0.2) is 15.0 Å². The molecule has 0 bridgehead atoms. The maximum Gasteiger partial charge on any atom is 0.264 e. The van der Waals surface area contributed by atoms with Crippen LogP contribution in [-0.2, 0) is 10.0 Å². The second-order valence-electron chi connectivity index (χ2n) is 6.42. The first-order valence-electron chi connectivity index (χ1n) is 8.50. The molecule has 1 heterocycles. The lowest BCUT2D eigenvalue weighted by Crippen LogP contribution is -2.28. The molecule has 3 aromatic carbocycles. The average Bonchev–Trinajstić information content (AvgIpc) is 3.02. The van der Waals surface area contributed by atoms with Crippen LogP contribution in [0.1, 0.15) is 16.7 Å². The molecule has 4 heteroatoms. The summed E-state index contributed by atoms with van der Waals surface area (Å²) in [5.41, 5.74) is 4.80. The van der Waals surface area contributed by atoms with E-state index in [-0.39, 0.29) is 0 Å². The second-order valence-corrected chi connectivity index (χ2v) is 8.28. The second kappa shape index (κ2) is 6.46. The molecule has 1 aliphatic rings. The van der Waals surface area contributed by atoms with Crippen LogP contribution in [0.2, 0.25) is 0 Å². The predicted octanol–water partition coefficient (Wildman–Crippen LogP) is 4.74. The quantitative estimate of drug-likeness (QED) is 0.675. The zero-order valence-corrected chi connectivity index (χ0v) is 15.3. The number of para-hydroxylation sites is 1. The molecule has 0 saturated heterocycles. The van der Waals surface area contributed by atoms with Gasteiger partial charge in [0.15, 0.2) is 0 Å². The summed E-state index contributed by atoms with van der Waals surface area (Å²) in [5.74, 6) is 0. The zero-order chi connectivity index (χ0) is 18.1. The van der Waals surface area contributed by atoms with Crippen molar-refractivity contribution in [3.05, 3.63) is 95.6 Å². The van der Waals surface area contributed by atoms with E-state index in [1.165, 1.54) is 4.31 Å². The Balaban J connectivity index is 1.79. The van der Waals surface area contributed by atoms with Crippen molar-refractivity contribution in [1.29, 1.82) is 0 Å². The highest BCUT2D eigenvalue weighted by atomic mass is 32.2. The molecule has 0 saturated carbocycles. The molecule has 3 aromatic rings. The third kappa shape index (κ3) is 2.93. The molecule has 3 nitrogen and oxygen atoms in total. The van der Waals surface area contributed by atoms with E-state index in [0.29, 0.717) is 11.4 Å². The Hall–Kier alpha value is -2.85. The maximum absolute atomic E-state index is 13.2. The van der Waals surface area contributed by atoms with Gasteiger partial charge in [-0.15, -0.1) is 0 Å². The van der Waals surface area contributed by atoms with Crippen molar-refractivity contribution in [1.82, 2.24) is 0 Å². The molecule has 0 fully saturated rings.